The average Bonchev–Trinajstić information content (AvgIpc) is 2.08. The molecule has 12 heavy (non-hydrogen) atoms. The van der Waals surface area contributed by atoms with Crippen LogP contribution >= 0.6 is 23.2 Å². The Morgan fingerprint density at radius 3 is 2.33 bits per heavy atom. The molecule has 0 unspecified atom stereocenters. The van der Waals surface area contributed by atoms with E-state index in [0.29, 0.717) is 10.0 Å². The fraction of sp³-hybridized carbons (Fsp3) is 0.200. The van der Waals surface area contributed by atoms with E-state index in [2.05, 4.69) is 6.58 Å². The smallest absolute Gasteiger partial charge is 0.0667 e. The lowest BCUT2D eigenvalue weighted by molar-refractivity contribution is 1.33. The van der Waals surface area contributed by atoms with Crippen molar-refractivity contribution in [3.63, 3.8) is 0 Å². The summed E-state index contributed by atoms with van der Waals surface area (Å²) in [5.74, 6) is 0. The molecule has 0 nitrogen and oxygen atoms in total. The van der Waals surface area contributed by atoms with Crippen LogP contribution in [0.3, 0.4) is 0 Å². The first kappa shape index (κ1) is 9.63. The van der Waals surface area contributed by atoms with Gasteiger partial charge in [-0.05, 0) is 30.5 Å². The normalized spacial score (nSPS) is 10.0. The molecule has 0 N–H and O–H groups in total. The van der Waals surface area contributed by atoms with Crippen LogP contribution in [0.5, 0.6) is 0 Å². The zero-order valence-corrected chi connectivity index (χ0v) is 8.63. The molecule has 1 aromatic carbocycles. The van der Waals surface area contributed by atoms with Crippen LogP contribution in [0.1, 0.15) is 16.7 Å². The fourth-order valence-corrected chi connectivity index (χ4v) is 1.55. The number of rotatable bonds is 1. The Balaban J connectivity index is 3.49. The molecule has 1 rings (SSSR count). The molecule has 0 bridgehead atoms. The fourth-order valence-electron chi connectivity index (χ4n) is 1.02. The van der Waals surface area contributed by atoms with Crippen molar-refractivity contribution >= 4 is 29.3 Å². The van der Waals surface area contributed by atoms with Gasteiger partial charge in [0.1, 0.15) is 0 Å². The maximum absolute atomic E-state index is 5.99. The molecule has 0 saturated heterocycles. The van der Waals surface area contributed by atoms with E-state index < -0.39 is 0 Å². The summed E-state index contributed by atoms with van der Waals surface area (Å²) in [6, 6.07) is 1.98. The summed E-state index contributed by atoms with van der Waals surface area (Å²) in [5.41, 5.74) is 3.07. The molecule has 0 fully saturated rings. The van der Waals surface area contributed by atoms with E-state index in [1.807, 2.05) is 19.9 Å². The van der Waals surface area contributed by atoms with Crippen molar-refractivity contribution in [2.45, 2.75) is 13.8 Å². The van der Waals surface area contributed by atoms with Crippen LogP contribution in [0, 0.1) is 13.8 Å². The summed E-state index contributed by atoms with van der Waals surface area (Å²) in [5, 5.41) is 1.22. The molecule has 0 aromatic heterocycles. The second kappa shape index (κ2) is 3.51. The van der Waals surface area contributed by atoms with Crippen LogP contribution < -0.4 is 0 Å². The van der Waals surface area contributed by atoms with Crippen LogP contribution in [0.2, 0.25) is 10.0 Å². The Morgan fingerprint density at radius 1 is 1.25 bits per heavy atom. The molecule has 0 aliphatic heterocycles. The van der Waals surface area contributed by atoms with Crippen LogP contribution in [-0.2, 0) is 0 Å². The van der Waals surface area contributed by atoms with Gasteiger partial charge in [-0.25, -0.2) is 0 Å². The summed E-state index contributed by atoms with van der Waals surface area (Å²) >= 11 is 12.0. The maximum Gasteiger partial charge on any atom is 0.0667 e. The zero-order valence-electron chi connectivity index (χ0n) is 7.12. The van der Waals surface area contributed by atoms with Gasteiger partial charge < -0.3 is 0 Å². The first-order valence-corrected chi connectivity index (χ1v) is 4.41. The van der Waals surface area contributed by atoms with Gasteiger partial charge in [0.2, 0.25) is 0 Å². The lowest BCUT2D eigenvalue weighted by atomic mass is 10.1. The molecule has 2 heteroatoms. The molecule has 0 aliphatic carbocycles. The standard InChI is InChI=1S/C10H10Cl2/c1-4-8-5-6(2)7(3)9(11)10(8)12/h4-5H,1H2,2-3H3. The van der Waals surface area contributed by atoms with Gasteiger partial charge in [0.25, 0.3) is 0 Å². The van der Waals surface area contributed by atoms with Gasteiger partial charge in [-0.3, -0.25) is 0 Å². The van der Waals surface area contributed by atoms with Crippen LogP contribution in [-0.4, -0.2) is 0 Å². The summed E-state index contributed by atoms with van der Waals surface area (Å²) in [6.07, 6.45) is 1.71. The highest BCUT2D eigenvalue weighted by molar-refractivity contribution is 6.43. The highest BCUT2D eigenvalue weighted by Crippen LogP contribution is 2.31. The van der Waals surface area contributed by atoms with E-state index in [4.69, 9.17) is 23.2 Å². The van der Waals surface area contributed by atoms with Gasteiger partial charge in [-0.1, -0.05) is 41.9 Å². The molecule has 1 aromatic rings. The highest BCUT2D eigenvalue weighted by Gasteiger charge is 2.07. The summed E-state index contributed by atoms with van der Waals surface area (Å²) < 4.78 is 0. The Hall–Kier alpha value is -0.460. The second-order valence-corrected chi connectivity index (χ2v) is 3.50. The van der Waals surface area contributed by atoms with E-state index in [9.17, 15) is 0 Å². The Morgan fingerprint density at radius 2 is 1.83 bits per heavy atom. The molecular formula is C10H10Cl2. The van der Waals surface area contributed by atoms with Crippen molar-refractivity contribution < 1.29 is 0 Å². The second-order valence-electron chi connectivity index (χ2n) is 2.74. The maximum atomic E-state index is 5.99. The topological polar surface area (TPSA) is 0 Å². The molecule has 0 heterocycles. The van der Waals surface area contributed by atoms with Gasteiger partial charge in [0.05, 0.1) is 10.0 Å². The van der Waals surface area contributed by atoms with Crippen molar-refractivity contribution in [2.75, 3.05) is 0 Å². The predicted molar refractivity (Wildman–Crippen MR) is 56.0 cm³/mol. The number of hydrogen-bond acceptors (Lipinski definition) is 0. The Kier molecular flexibility index (Phi) is 2.81. The van der Waals surface area contributed by atoms with Crippen molar-refractivity contribution in [1.82, 2.24) is 0 Å². The molecule has 0 saturated carbocycles. The van der Waals surface area contributed by atoms with Crippen molar-refractivity contribution in [3.05, 3.63) is 39.4 Å². The molecule has 0 atom stereocenters. The van der Waals surface area contributed by atoms with E-state index in [1.54, 1.807) is 6.08 Å². The van der Waals surface area contributed by atoms with E-state index in [-0.39, 0.29) is 0 Å². The lowest BCUT2D eigenvalue weighted by Crippen LogP contribution is -1.86. The molecular weight excluding hydrogens is 191 g/mol. The van der Waals surface area contributed by atoms with Gasteiger partial charge in [-0.15, -0.1) is 0 Å². The van der Waals surface area contributed by atoms with Crippen molar-refractivity contribution in [1.29, 1.82) is 0 Å². The van der Waals surface area contributed by atoms with E-state index in [0.717, 1.165) is 16.7 Å². The van der Waals surface area contributed by atoms with Gasteiger partial charge in [-0.2, -0.15) is 0 Å². The van der Waals surface area contributed by atoms with Crippen molar-refractivity contribution in [2.24, 2.45) is 0 Å². The Bertz CT molecular complexity index is 327. The summed E-state index contributed by atoms with van der Waals surface area (Å²) in [6.45, 7) is 7.62. The summed E-state index contributed by atoms with van der Waals surface area (Å²) in [7, 11) is 0. The first-order valence-electron chi connectivity index (χ1n) is 3.65. The van der Waals surface area contributed by atoms with Crippen LogP contribution in [0.25, 0.3) is 6.08 Å². The number of hydrogen-bond donors (Lipinski definition) is 0. The van der Waals surface area contributed by atoms with E-state index >= 15 is 0 Å². The third-order valence-corrected chi connectivity index (χ3v) is 2.94. The molecule has 0 amide bonds. The predicted octanol–water partition coefficient (Wildman–Crippen LogP) is 4.25. The molecule has 0 aliphatic rings. The van der Waals surface area contributed by atoms with Gasteiger partial charge in [0.15, 0.2) is 0 Å². The molecule has 0 spiro atoms. The van der Waals surface area contributed by atoms with Crippen molar-refractivity contribution in [3.8, 4) is 0 Å². The zero-order chi connectivity index (χ0) is 9.30. The summed E-state index contributed by atoms with van der Waals surface area (Å²) in [4.78, 5) is 0. The quantitative estimate of drug-likeness (QED) is 0.636. The van der Waals surface area contributed by atoms with E-state index in [1.165, 1.54) is 0 Å². The molecule has 0 radical (unpaired) electrons. The van der Waals surface area contributed by atoms with Crippen LogP contribution in [0.15, 0.2) is 12.6 Å². The van der Waals surface area contributed by atoms with Crippen LogP contribution in [0.4, 0.5) is 0 Å². The van der Waals surface area contributed by atoms with Gasteiger partial charge >= 0.3 is 0 Å². The highest BCUT2D eigenvalue weighted by atomic mass is 35.5. The Labute approximate surface area is 82.8 Å². The minimum atomic E-state index is 0.592. The number of benzene rings is 1. The third kappa shape index (κ3) is 1.50. The molecule has 64 valence electrons. The monoisotopic (exact) mass is 200 g/mol. The number of aryl methyl sites for hydroxylation is 1. The lowest BCUT2D eigenvalue weighted by Gasteiger charge is -2.07. The average molecular weight is 201 g/mol. The minimum absolute atomic E-state index is 0.592. The SMILES string of the molecule is C=Cc1cc(C)c(C)c(Cl)c1Cl. The first-order chi connectivity index (χ1) is 5.57. The third-order valence-electron chi connectivity index (χ3n) is 1.96. The van der Waals surface area contributed by atoms with Gasteiger partial charge in [0, 0.05) is 0 Å². The number of halogens is 2. The largest absolute Gasteiger partial charge is 0.0984 e. The minimum Gasteiger partial charge on any atom is -0.0984 e.